The number of rotatable bonds is 5. The predicted octanol–water partition coefficient (Wildman–Crippen LogP) is 1.75. The highest BCUT2D eigenvalue weighted by molar-refractivity contribution is 5.55. The minimum atomic E-state index is 0.336. The lowest BCUT2D eigenvalue weighted by Crippen LogP contribution is -2.14. The predicted molar refractivity (Wildman–Crippen MR) is 88.2 cm³/mol. The van der Waals surface area contributed by atoms with Crippen LogP contribution >= 0.6 is 0 Å². The summed E-state index contributed by atoms with van der Waals surface area (Å²) in [6.07, 6.45) is 6.66. The Balaban J connectivity index is 1.56. The van der Waals surface area contributed by atoms with Crippen LogP contribution in [-0.4, -0.2) is 40.0 Å². The van der Waals surface area contributed by atoms with E-state index in [9.17, 15) is 0 Å². The molecule has 4 aromatic rings. The van der Waals surface area contributed by atoms with Gasteiger partial charge in [0.05, 0.1) is 11.9 Å². The first kappa shape index (κ1) is 15.0. The summed E-state index contributed by atoms with van der Waals surface area (Å²) in [5, 5.41) is 24.8. The van der Waals surface area contributed by atoms with Crippen LogP contribution < -0.4 is 4.74 Å². The molecule has 10 nitrogen and oxygen atoms in total. The smallest absolute Gasteiger partial charge is 0.235 e. The molecule has 0 aromatic carbocycles. The molecule has 0 amide bonds. The highest BCUT2D eigenvalue weighted by Gasteiger charge is 2.26. The molecule has 10 heteroatoms. The van der Waals surface area contributed by atoms with E-state index < -0.39 is 0 Å². The van der Waals surface area contributed by atoms with Crippen molar-refractivity contribution in [3.63, 3.8) is 0 Å². The number of hydrogen-bond acceptors (Lipinski definition) is 8. The summed E-state index contributed by atoms with van der Waals surface area (Å²) in [6, 6.07) is 3.73. The van der Waals surface area contributed by atoms with Gasteiger partial charge in [0.2, 0.25) is 11.7 Å². The molecule has 5 rings (SSSR count). The lowest BCUT2D eigenvalue weighted by atomic mass is 9.80. The van der Waals surface area contributed by atoms with Crippen LogP contribution in [0.4, 0.5) is 0 Å². The van der Waals surface area contributed by atoms with E-state index >= 15 is 0 Å². The van der Waals surface area contributed by atoms with Gasteiger partial charge >= 0.3 is 0 Å². The van der Waals surface area contributed by atoms with Gasteiger partial charge in [-0.2, -0.15) is 4.52 Å². The second kappa shape index (κ2) is 5.90. The molecule has 0 aliphatic heterocycles. The summed E-state index contributed by atoms with van der Waals surface area (Å²) in [5.41, 5.74) is 3.17. The molecule has 1 fully saturated rings. The largest absolute Gasteiger partial charge is 0.470 e. The molecule has 0 bridgehead atoms. The van der Waals surface area contributed by atoms with Crippen molar-refractivity contribution in [2.75, 3.05) is 0 Å². The SMILES string of the molecule is Cn1nncc1COc1nn2c(-c3ccon3)nnc2cc1C1CCC1. The third-order valence-corrected chi connectivity index (χ3v) is 4.76. The van der Waals surface area contributed by atoms with E-state index in [2.05, 4.69) is 30.8 Å². The third-order valence-electron chi connectivity index (χ3n) is 4.76. The zero-order valence-corrected chi connectivity index (χ0v) is 14.1. The summed E-state index contributed by atoms with van der Waals surface area (Å²) in [5.74, 6) is 1.54. The van der Waals surface area contributed by atoms with Crippen molar-refractivity contribution in [2.45, 2.75) is 31.8 Å². The van der Waals surface area contributed by atoms with Crippen molar-refractivity contribution in [3.05, 3.63) is 35.9 Å². The molecule has 1 aliphatic carbocycles. The van der Waals surface area contributed by atoms with Gasteiger partial charge in [-0.25, -0.2) is 4.68 Å². The van der Waals surface area contributed by atoms with Gasteiger partial charge in [-0.15, -0.1) is 20.4 Å². The lowest BCUT2D eigenvalue weighted by molar-refractivity contribution is 0.268. The third kappa shape index (κ3) is 2.41. The summed E-state index contributed by atoms with van der Waals surface area (Å²) < 4.78 is 14.3. The van der Waals surface area contributed by atoms with Crippen molar-refractivity contribution >= 4 is 5.65 Å². The second-order valence-electron chi connectivity index (χ2n) is 6.35. The summed E-state index contributed by atoms with van der Waals surface area (Å²) in [4.78, 5) is 0. The highest BCUT2D eigenvalue weighted by atomic mass is 16.5. The lowest BCUT2D eigenvalue weighted by Gasteiger charge is -2.26. The molecule has 1 aliphatic rings. The van der Waals surface area contributed by atoms with Gasteiger partial charge in [-0.05, 0) is 24.8 Å². The molecular weight excluding hydrogens is 336 g/mol. The van der Waals surface area contributed by atoms with Gasteiger partial charge in [0.15, 0.2) is 11.3 Å². The normalized spacial score (nSPS) is 14.7. The highest BCUT2D eigenvalue weighted by Crippen LogP contribution is 2.40. The number of aromatic nitrogens is 8. The average Bonchev–Trinajstić information content (AvgIpc) is 3.31. The monoisotopic (exact) mass is 352 g/mol. The van der Waals surface area contributed by atoms with Crippen molar-refractivity contribution in [2.24, 2.45) is 7.05 Å². The molecule has 0 atom stereocenters. The van der Waals surface area contributed by atoms with Crippen LogP contribution in [0.5, 0.6) is 5.88 Å². The number of nitrogens with zero attached hydrogens (tertiary/aromatic N) is 8. The number of ether oxygens (including phenoxy) is 1. The Morgan fingerprint density at radius 3 is 2.92 bits per heavy atom. The van der Waals surface area contributed by atoms with E-state index in [1.165, 1.54) is 12.7 Å². The first-order chi connectivity index (χ1) is 12.8. The fourth-order valence-electron chi connectivity index (χ4n) is 3.03. The maximum atomic E-state index is 6.04. The average molecular weight is 352 g/mol. The zero-order valence-electron chi connectivity index (χ0n) is 14.1. The Hall–Kier alpha value is -3.30. The number of hydrogen-bond donors (Lipinski definition) is 0. The Kier molecular flexibility index (Phi) is 3.40. The molecule has 0 saturated heterocycles. The van der Waals surface area contributed by atoms with Crippen LogP contribution in [-0.2, 0) is 13.7 Å². The first-order valence-electron chi connectivity index (χ1n) is 8.43. The molecule has 0 N–H and O–H groups in total. The molecule has 0 unspecified atom stereocenters. The van der Waals surface area contributed by atoms with E-state index in [4.69, 9.17) is 9.26 Å². The van der Waals surface area contributed by atoms with E-state index in [1.54, 1.807) is 21.5 Å². The van der Waals surface area contributed by atoms with Crippen LogP contribution in [0.2, 0.25) is 0 Å². The van der Waals surface area contributed by atoms with Crippen molar-refractivity contribution in [3.8, 4) is 17.4 Å². The van der Waals surface area contributed by atoms with Crippen LogP contribution in [0, 0.1) is 0 Å². The topological polar surface area (TPSA) is 109 Å². The standard InChI is InChI=1S/C16H16N8O2/c1-23-11(8-17-22-23)9-25-16-12(10-3-2-4-10)7-14-18-19-15(24(14)20-16)13-5-6-26-21-13/h5-8,10H,2-4,9H2,1H3. The zero-order chi connectivity index (χ0) is 17.5. The van der Waals surface area contributed by atoms with Crippen molar-refractivity contribution in [1.82, 2.24) is 40.0 Å². The Labute approximate surface area is 147 Å². The molecule has 4 heterocycles. The van der Waals surface area contributed by atoms with E-state index in [0.717, 1.165) is 24.1 Å². The Bertz CT molecular complexity index is 1050. The van der Waals surface area contributed by atoms with Gasteiger partial charge in [0.1, 0.15) is 12.9 Å². The molecule has 26 heavy (non-hydrogen) atoms. The number of fused-ring (bicyclic) bond motifs is 1. The minimum absolute atomic E-state index is 0.336. The summed E-state index contributed by atoms with van der Waals surface area (Å²) >= 11 is 0. The Morgan fingerprint density at radius 2 is 2.23 bits per heavy atom. The van der Waals surface area contributed by atoms with Gasteiger partial charge < -0.3 is 9.26 Å². The van der Waals surface area contributed by atoms with E-state index in [0.29, 0.717) is 35.6 Å². The van der Waals surface area contributed by atoms with Gasteiger partial charge in [0.25, 0.3) is 0 Å². The van der Waals surface area contributed by atoms with E-state index in [-0.39, 0.29) is 0 Å². The minimum Gasteiger partial charge on any atom is -0.470 e. The van der Waals surface area contributed by atoms with Gasteiger partial charge in [-0.1, -0.05) is 16.8 Å². The van der Waals surface area contributed by atoms with Gasteiger partial charge in [0, 0.05) is 18.7 Å². The molecular formula is C16H16N8O2. The van der Waals surface area contributed by atoms with Crippen LogP contribution in [0.1, 0.15) is 36.4 Å². The van der Waals surface area contributed by atoms with Crippen LogP contribution in [0.25, 0.3) is 17.2 Å². The first-order valence-corrected chi connectivity index (χ1v) is 8.43. The van der Waals surface area contributed by atoms with Crippen molar-refractivity contribution in [1.29, 1.82) is 0 Å². The summed E-state index contributed by atoms with van der Waals surface area (Å²) in [6.45, 7) is 0.336. The van der Waals surface area contributed by atoms with Crippen LogP contribution in [0.3, 0.4) is 0 Å². The molecule has 1 saturated carbocycles. The molecule has 0 radical (unpaired) electrons. The summed E-state index contributed by atoms with van der Waals surface area (Å²) in [7, 11) is 1.83. The second-order valence-corrected chi connectivity index (χ2v) is 6.35. The fraction of sp³-hybridized carbons (Fsp3) is 0.375. The molecule has 0 spiro atoms. The molecule has 132 valence electrons. The van der Waals surface area contributed by atoms with Gasteiger partial charge in [-0.3, -0.25) is 0 Å². The maximum Gasteiger partial charge on any atom is 0.235 e. The van der Waals surface area contributed by atoms with Crippen LogP contribution in [0.15, 0.2) is 29.1 Å². The molecule has 4 aromatic heterocycles. The quantitative estimate of drug-likeness (QED) is 0.534. The van der Waals surface area contributed by atoms with E-state index in [1.807, 2.05) is 13.1 Å². The number of aryl methyl sites for hydroxylation is 1. The fourth-order valence-corrected chi connectivity index (χ4v) is 3.03. The van der Waals surface area contributed by atoms with Crippen molar-refractivity contribution < 1.29 is 9.26 Å². The Morgan fingerprint density at radius 1 is 1.31 bits per heavy atom. The maximum absolute atomic E-state index is 6.04.